The van der Waals surface area contributed by atoms with Gasteiger partial charge >= 0.3 is 0 Å². The quantitative estimate of drug-likeness (QED) is 0.710. The molecule has 2 rings (SSSR count). The van der Waals surface area contributed by atoms with Gasteiger partial charge in [-0.05, 0) is 38.0 Å². The van der Waals surface area contributed by atoms with Crippen molar-refractivity contribution in [1.29, 1.82) is 0 Å². The van der Waals surface area contributed by atoms with Crippen LogP contribution in [0.3, 0.4) is 0 Å². The highest BCUT2D eigenvalue weighted by Crippen LogP contribution is 2.19. The monoisotopic (exact) mass is 199 g/mol. The number of hydrogen-bond acceptors (Lipinski definition) is 3. The molecule has 0 aromatic carbocycles. The molecule has 1 unspecified atom stereocenters. The molecular weight excluding hydrogens is 178 g/mol. The fourth-order valence-corrected chi connectivity index (χ4v) is 2.43. The average molecular weight is 199 g/mol. The Bertz CT molecular complexity index is 169. The van der Waals surface area contributed by atoms with Gasteiger partial charge in [-0.1, -0.05) is 0 Å². The Morgan fingerprint density at radius 2 is 2.21 bits per heavy atom. The molecule has 82 valence electrons. The van der Waals surface area contributed by atoms with Crippen LogP contribution in [0.4, 0.5) is 0 Å². The van der Waals surface area contributed by atoms with Crippen LogP contribution in [0.5, 0.6) is 0 Å². The minimum atomic E-state index is -0.0684. The molecule has 0 bridgehead atoms. The van der Waals surface area contributed by atoms with E-state index in [2.05, 4.69) is 5.32 Å². The van der Waals surface area contributed by atoms with Gasteiger partial charge in [0.25, 0.3) is 0 Å². The molecule has 14 heavy (non-hydrogen) atoms. The molecule has 2 aliphatic rings. The van der Waals surface area contributed by atoms with Crippen LogP contribution in [0.25, 0.3) is 0 Å². The number of hydrogen-bond donors (Lipinski definition) is 2. The van der Waals surface area contributed by atoms with E-state index in [4.69, 9.17) is 4.74 Å². The molecule has 2 N–H and O–H groups in total. The summed E-state index contributed by atoms with van der Waals surface area (Å²) in [7, 11) is 0. The van der Waals surface area contributed by atoms with Crippen LogP contribution in [0.15, 0.2) is 0 Å². The lowest BCUT2D eigenvalue weighted by molar-refractivity contribution is 0.110. The minimum absolute atomic E-state index is 0.0684. The van der Waals surface area contributed by atoms with Gasteiger partial charge in [-0.15, -0.1) is 0 Å². The van der Waals surface area contributed by atoms with E-state index in [1.807, 2.05) is 0 Å². The Balaban J connectivity index is 1.64. The summed E-state index contributed by atoms with van der Waals surface area (Å²) in [6, 6.07) is 0.541. The molecule has 0 amide bonds. The molecule has 0 spiro atoms. The van der Waals surface area contributed by atoms with Crippen LogP contribution in [-0.2, 0) is 4.74 Å². The SMILES string of the molecule is O[C@@H]1CCC[C@H](NCC2CCOC2)C1. The Morgan fingerprint density at radius 1 is 1.29 bits per heavy atom. The fraction of sp³-hybridized carbons (Fsp3) is 1.00. The van der Waals surface area contributed by atoms with Crippen LogP contribution in [0, 0.1) is 5.92 Å². The lowest BCUT2D eigenvalue weighted by Gasteiger charge is -2.27. The van der Waals surface area contributed by atoms with Gasteiger partial charge in [0.1, 0.15) is 0 Å². The number of nitrogens with one attached hydrogen (secondary N) is 1. The maximum Gasteiger partial charge on any atom is 0.0555 e. The Labute approximate surface area is 85.8 Å². The number of ether oxygens (including phenoxy) is 1. The lowest BCUT2D eigenvalue weighted by atomic mass is 9.92. The molecule has 0 radical (unpaired) electrons. The molecule has 1 heterocycles. The molecule has 0 aromatic heterocycles. The Morgan fingerprint density at radius 3 is 2.93 bits per heavy atom. The third-order valence-corrected chi connectivity index (χ3v) is 3.37. The summed E-state index contributed by atoms with van der Waals surface area (Å²) in [6.45, 7) is 2.92. The average Bonchev–Trinajstić information content (AvgIpc) is 2.67. The summed E-state index contributed by atoms with van der Waals surface area (Å²) < 4.78 is 5.33. The van der Waals surface area contributed by atoms with E-state index in [1.165, 1.54) is 19.3 Å². The third-order valence-electron chi connectivity index (χ3n) is 3.37. The fourth-order valence-electron chi connectivity index (χ4n) is 2.43. The van der Waals surface area contributed by atoms with E-state index >= 15 is 0 Å². The van der Waals surface area contributed by atoms with Crippen LogP contribution >= 0.6 is 0 Å². The number of rotatable bonds is 3. The molecule has 2 fully saturated rings. The zero-order valence-electron chi connectivity index (χ0n) is 8.74. The van der Waals surface area contributed by atoms with Gasteiger partial charge < -0.3 is 15.2 Å². The highest BCUT2D eigenvalue weighted by Gasteiger charge is 2.22. The van der Waals surface area contributed by atoms with Gasteiger partial charge in [0, 0.05) is 19.2 Å². The van der Waals surface area contributed by atoms with Crippen LogP contribution in [0.1, 0.15) is 32.1 Å². The van der Waals surface area contributed by atoms with Crippen molar-refractivity contribution in [2.45, 2.75) is 44.2 Å². The molecule has 3 nitrogen and oxygen atoms in total. The van der Waals surface area contributed by atoms with Crippen molar-refractivity contribution >= 4 is 0 Å². The highest BCUT2D eigenvalue weighted by molar-refractivity contribution is 4.79. The molecule has 3 atom stereocenters. The summed E-state index contributed by atoms with van der Waals surface area (Å²) in [4.78, 5) is 0. The zero-order chi connectivity index (χ0) is 9.80. The first-order valence-corrected chi connectivity index (χ1v) is 5.84. The van der Waals surface area contributed by atoms with Crippen molar-refractivity contribution in [1.82, 2.24) is 5.32 Å². The Hall–Kier alpha value is -0.120. The first-order valence-electron chi connectivity index (χ1n) is 5.84. The van der Waals surface area contributed by atoms with Gasteiger partial charge in [0.2, 0.25) is 0 Å². The van der Waals surface area contributed by atoms with E-state index < -0.39 is 0 Å². The second-order valence-electron chi connectivity index (χ2n) is 4.66. The van der Waals surface area contributed by atoms with E-state index in [0.717, 1.165) is 32.6 Å². The summed E-state index contributed by atoms with van der Waals surface area (Å²) >= 11 is 0. The summed E-state index contributed by atoms with van der Waals surface area (Å²) in [6.07, 6.45) is 5.45. The van der Waals surface area contributed by atoms with Gasteiger partial charge in [-0.3, -0.25) is 0 Å². The molecule has 1 aliphatic carbocycles. The van der Waals surface area contributed by atoms with E-state index in [-0.39, 0.29) is 6.10 Å². The minimum Gasteiger partial charge on any atom is -0.393 e. The molecule has 3 heteroatoms. The van der Waals surface area contributed by atoms with Crippen molar-refractivity contribution in [3.8, 4) is 0 Å². The maximum atomic E-state index is 9.51. The molecular formula is C11H21NO2. The Kier molecular flexibility index (Phi) is 3.79. The van der Waals surface area contributed by atoms with Crippen LogP contribution in [0.2, 0.25) is 0 Å². The highest BCUT2D eigenvalue weighted by atomic mass is 16.5. The molecule has 0 aromatic rings. The van der Waals surface area contributed by atoms with Crippen molar-refractivity contribution in [2.75, 3.05) is 19.8 Å². The first-order chi connectivity index (χ1) is 6.84. The van der Waals surface area contributed by atoms with Gasteiger partial charge in [0.15, 0.2) is 0 Å². The second kappa shape index (κ2) is 5.10. The lowest BCUT2D eigenvalue weighted by Crippen LogP contribution is -2.38. The smallest absolute Gasteiger partial charge is 0.0555 e. The normalized spacial score (nSPS) is 38.8. The topological polar surface area (TPSA) is 41.5 Å². The first kappa shape index (κ1) is 10.4. The third kappa shape index (κ3) is 2.94. The predicted molar refractivity (Wildman–Crippen MR) is 55.2 cm³/mol. The van der Waals surface area contributed by atoms with Crippen molar-refractivity contribution < 1.29 is 9.84 Å². The number of aliphatic hydroxyl groups is 1. The largest absolute Gasteiger partial charge is 0.393 e. The van der Waals surface area contributed by atoms with Gasteiger partial charge in [-0.2, -0.15) is 0 Å². The maximum absolute atomic E-state index is 9.51. The molecule has 1 aliphatic heterocycles. The van der Waals surface area contributed by atoms with Gasteiger partial charge in [-0.25, -0.2) is 0 Å². The summed E-state index contributed by atoms with van der Waals surface area (Å²) in [5, 5.41) is 13.1. The van der Waals surface area contributed by atoms with Crippen LogP contribution < -0.4 is 5.32 Å². The molecule has 1 saturated carbocycles. The van der Waals surface area contributed by atoms with Crippen molar-refractivity contribution in [3.63, 3.8) is 0 Å². The summed E-state index contributed by atoms with van der Waals surface area (Å²) in [5.74, 6) is 0.703. The zero-order valence-corrected chi connectivity index (χ0v) is 8.74. The van der Waals surface area contributed by atoms with Gasteiger partial charge in [0.05, 0.1) is 12.7 Å². The standard InChI is InChI=1S/C11H21NO2/c13-11-3-1-2-10(6-11)12-7-9-4-5-14-8-9/h9-13H,1-8H2/t9?,10-,11+/m0/s1. The molecule has 1 saturated heterocycles. The van der Waals surface area contributed by atoms with E-state index in [9.17, 15) is 5.11 Å². The van der Waals surface area contributed by atoms with E-state index in [0.29, 0.717) is 12.0 Å². The van der Waals surface area contributed by atoms with Crippen LogP contribution in [-0.4, -0.2) is 37.0 Å². The number of aliphatic hydroxyl groups excluding tert-OH is 1. The van der Waals surface area contributed by atoms with Crippen molar-refractivity contribution in [2.24, 2.45) is 5.92 Å². The summed E-state index contributed by atoms with van der Waals surface area (Å²) in [5.41, 5.74) is 0. The van der Waals surface area contributed by atoms with E-state index in [1.54, 1.807) is 0 Å². The van der Waals surface area contributed by atoms with Crippen molar-refractivity contribution in [3.05, 3.63) is 0 Å². The predicted octanol–water partition coefficient (Wildman–Crippen LogP) is 0.916. The second-order valence-corrected chi connectivity index (χ2v) is 4.66.